The molecule has 0 bridgehead atoms. The molecule has 5 heteroatoms. The lowest BCUT2D eigenvalue weighted by atomic mass is 10.1. The van der Waals surface area contributed by atoms with Gasteiger partial charge >= 0.3 is 5.97 Å². The number of carbonyl (C=O) groups is 2. The maximum atomic E-state index is 11.4. The van der Waals surface area contributed by atoms with Gasteiger partial charge in [0.25, 0.3) is 0 Å². The molecule has 0 aliphatic rings. The summed E-state index contributed by atoms with van der Waals surface area (Å²) in [7, 11) is 0. The molecule has 0 aliphatic heterocycles. The summed E-state index contributed by atoms with van der Waals surface area (Å²) in [6.07, 6.45) is 1.03. The van der Waals surface area contributed by atoms with Gasteiger partial charge in [-0.15, -0.1) is 0 Å². The molecule has 2 N–H and O–H groups in total. The molecule has 0 unspecified atom stereocenters. The number of hydrogen-bond donors (Lipinski definition) is 2. The number of benzene rings is 1. The van der Waals surface area contributed by atoms with Crippen molar-refractivity contribution in [2.45, 2.75) is 19.8 Å². The fourth-order valence-corrected chi connectivity index (χ4v) is 1.48. The largest absolute Gasteiger partial charge is 0.478 e. The second-order valence-corrected chi connectivity index (χ2v) is 3.67. The third-order valence-electron chi connectivity index (χ3n) is 1.99. The number of para-hydroxylation sites is 1. The van der Waals surface area contributed by atoms with Crippen molar-refractivity contribution < 1.29 is 14.7 Å². The van der Waals surface area contributed by atoms with Crippen LogP contribution >= 0.6 is 11.6 Å². The molecular formula is C11H12ClNO3. The maximum Gasteiger partial charge on any atom is 0.337 e. The maximum absolute atomic E-state index is 11.4. The quantitative estimate of drug-likeness (QED) is 0.852. The number of amides is 1. The number of carboxylic acid groups (broad SMARTS) is 1. The lowest BCUT2D eigenvalue weighted by Crippen LogP contribution is -2.14. The van der Waals surface area contributed by atoms with E-state index < -0.39 is 5.97 Å². The van der Waals surface area contributed by atoms with Crippen molar-refractivity contribution in [3.63, 3.8) is 0 Å². The average molecular weight is 242 g/mol. The topological polar surface area (TPSA) is 66.4 Å². The molecule has 0 saturated heterocycles. The first-order valence-corrected chi connectivity index (χ1v) is 5.25. The Balaban J connectivity index is 3.01. The van der Waals surface area contributed by atoms with E-state index in [0.29, 0.717) is 12.8 Å². The van der Waals surface area contributed by atoms with E-state index in [1.807, 2.05) is 6.92 Å². The van der Waals surface area contributed by atoms with Crippen LogP contribution in [0, 0.1) is 0 Å². The molecular weight excluding hydrogens is 230 g/mol. The van der Waals surface area contributed by atoms with Crippen molar-refractivity contribution in [2.24, 2.45) is 0 Å². The van der Waals surface area contributed by atoms with Crippen LogP contribution in [-0.2, 0) is 4.79 Å². The van der Waals surface area contributed by atoms with Crippen LogP contribution in [0.1, 0.15) is 30.1 Å². The zero-order chi connectivity index (χ0) is 12.1. The summed E-state index contributed by atoms with van der Waals surface area (Å²) in [4.78, 5) is 22.3. The van der Waals surface area contributed by atoms with E-state index in [2.05, 4.69) is 5.32 Å². The molecule has 0 radical (unpaired) electrons. The third-order valence-corrected chi connectivity index (χ3v) is 2.30. The smallest absolute Gasteiger partial charge is 0.337 e. The first-order chi connectivity index (χ1) is 7.56. The molecule has 1 amide bonds. The van der Waals surface area contributed by atoms with Crippen molar-refractivity contribution in [1.82, 2.24) is 0 Å². The van der Waals surface area contributed by atoms with Crippen LogP contribution in [0.25, 0.3) is 0 Å². The lowest BCUT2D eigenvalue weighted by molar-refractivity contribution is -0.116. The molecule has 1 aromatic rings. The third kappa shape index (κ3) is 2.97. The summed E-state index contributed by atoms with van der Waals surface area (Å²) >= 11 is 5.84. The molecule has 4 nitrogen and oxygen atoms in total. The molecule has 0 aliphatic carbocycles. The fraction of sp³-hybridized carbons (Fsp3) is 0.273. The standard InChI is InChI=1S/C11H12ClNO3/c1-2-4-9(14)13-10-7(11(15)16)5-3-6-8(10)12/h3,5-6H,2,4H2,1H3,(H,13,14)(H,15,16). The second-order valence-electron chi connectivity index (χ2n) is 3.27. The number of carboxylic acids is 1. The van der Waals surface area contributed by atoms with Crippen LogP contribution in [0.2, 0.25) is 5.02 Å². The predicted octanol–water partition coefficient (Wildman–Crippen LogP) is 2.78. The Bertz CT molecular complexity index is 418. The van der Waals surface area contributed by atoms with Crippen molar-refractivity contribution in [2.75, 3.05) is 5.32 Å². The Morgan fingerprint density at radius 1 is 1.44 bits per heavy atom. The van der Waals surface area contributed by atoms with Crippen LogP contribution in [-0.4, -0.2) is 17.0 Å². The normalized spacial score (nSPS) is 9.88. The van der Waals surface area contributed by atoms with Gasteiger partial charge in [-0.1, -0.05) is 24.6 Å². The summed E-state index contributed by atoms with van der Waals surface area (Å²) in [6.45, 7) is 1.87. The molecule has 0 fully saturated rings. The van der Waals surface area contributed by atoms with Gasteiger partial charge in [0.2, 0.25) is 5.91 Å². The number of halogens is 1. The zero-order valence-corrected chi connectivity index (χ0v) is 9.54. The summed E-state index contributed by atoms with van der Waals surface area (Å²) in [6, 6.07) is 4.46. The molecule has 0 spiro atoms. The van der Waals surface area contributed by atoms with Gasteiger partial charge in [0.15, 0.2) is 0 Å². The van der Waals surface area contributed by atoms with E-state index in [-0.39, 0.29) is 22.2 Å². The van der Waals surface area contributed by atoms with Crippen LogP contribution in [0.15, 0.2) is 18.2 Å². The number of carbonyl (C=O) groups excluding carboxylic acids is 1. The van der Waals surface area contributed by atoms with E-state index in [9.17, 15) is 9.59 Å². The van der Waals surface area contributed by atoms with Crippen LogP contribution in [0.4, 0.5) is 5.69 Å². The molecule has 0 heterocycles. The Kier molecular flexibility index (Phi) is 4.31. The van der Waals surface area contributed by atoms with Gasteiger partial charge in [-0.2, -0.15) is 0 Å². The first kappa shape index (κ1) is 12.5. The SMILES string of the molecule is CCCC(=O)Nc1c(Cl)cccc1C(=O)O. The highest BCUT2D eigenvalue weighted by Gasteiger charge is 2.14. The van der Waals surface area contributed by atoms with Gasteiger partial charge in [0.05, 0.1) is 16.3 Å². The number of hydrogen-bond acceptors (Lipinski definition) is 2. The second kappa shape index (κ2) is 5.51. The summed E-state index contributed by atoms with van der Waals surface area (Å²) in [5.41, 5.74) is 0.159. The van der Waals surface area contributed by atoms with Gasteiger partial charge < -0.3 is 10.4 Å². The highest BCUT2D eigenvalue weighted by molar-refractivity contribution is 6.34. The van der Waals surface area contributed by atoms with Crippen molar-refractivity contribution in [1.29, 1.82) is 0 Å². The Labute approximate surface area is 98.2 Å². The van der Waals surface area contributed by atoms with Crippen molar-refractivity contribution >= 4 is 29.2 Å². The number of anilines is 1. The van der Waals surface area contributed by atoms with Gasteiger partial charge in [-0.3, -0.25) is 4.79 Å². The molecule has 1 aromatic carbocycles. The molecule has 0 aromatic heterocycles. The minimum atomic E-state index is -1.12. The van der Waals surface area contributed by atoms with Crippen LogP contribution < -0.4 is 5.32 Å². The number of aromatic carboxylic acids is 1. The van der Waals surface area contributed by atoms with E-state index in [4.69, 9.17) is 16.7 Å². The Morgan fingerprint density at radius 2 is 2.12 bits per heavy atom. The van der Waals surface area contributed by atoms with Gasteiger partial charge in [-0.25, -0.2) is 4.79 Å². The monoisotopic (exact) mass is 241 g/mol. The minimum absolute atomic E-state index is 0.00282. The molecule has 1 rings (SSSR count). The van der Waals surface area contributed by atoms with E-state index >= 15 is 0 Å². The van der Waals surface area contributed by atoms with Crippen molar-refractivity contribution in [3.05, 3.63) is 28.8 Å². The molecule has 86 valence electrons. The van der Waals surface area contributed by atoms with Crippen LogP contribution in [0.3, 0.4) is 0 Å². The van der Waals surface area contributed by atoms with Crippen LogP contribution in [0.5, 0.6) is 0 Å². The van der Waals surface area contributed by atoms with Crippen molar-refractivity contribution in [3.8, 4) is 0 Å². The van der Waals surface area contributed by atoms with Gasteiger partial charge in [0.1, 0.15) is 0 Å². The van der Waals surface area contributed by atoms with Gasteiger partial charge in [0, 0.05) is 6.42 Å². The molecule has 0 atom stereocenters. The summed E-state index contributed by atoms with van der Waals surface area (Å²) in [5, 5.41) is 11.7. The van der Waals surface area contributed by atoms with E-state index in [1.165, 1.54) is 18.2 Å². The molecule has 0 saturated carbocycles. The Hall–Kier alpha value is -1.55. The first-order valence-electron chi connectivity index (χ1n) is 4.88. The summed E-state index contributed by atoms with van der Waals surface area (Å²) in [5.74, 6) is -1.35. The zero-order valence-electron chi connectivity index (χ0n) is 8.79. The predicted molar refractivity (Wildman–Crippen MR) is 61.9 cm³/mol. The summed E-state index contributed by atoms with van der Waals surface area (Å²) < 4.78 is 0. The van der Waals surface area contributed by atoms with E-state index in [1.54, 1.807) is 0 Å². The Morgan fingerprint density at radius 3 is 2.69 bits per heavy atom. The highest BCUT2D eigenvalue weighted by atomic mass is 35.5. The highest BCUT2D eigenvalue weighted by Crippen LogP contribution is 2.26. The minimum Gasteiger partial charge on any atom is -0.478 e. The average Bonchev–Trinajstić information content (AvgIpc) is 2.21. The fourth-order valence-electron chi connectivity index (χ4n) is 1.26. The number of rotatable bonds is 4. The number of nitrogens with one attached hydrogen (secondary N) is 1. The van der Waals surface area contributed by atoms with Gasteiger partial charge in [-0.05, 0) is 18.6 Å². The lowest BCUT2D eigenvalue weighted by Gasteiger charge is -2.09. The van der Waals surface area contributed by atoms with E-state index in [0.717, 1.165) is 0 Å². The molecule has 16 heavy (non-hydrogen) atoms.